The molecule has 0 fully saturated rings. The number of rotatable bonds is 0. The van der Waals surface area contributed by atoms with E-state index in [0.29, 0.717) is 26.4 Å². The lowest BCUT2D eigenvalue weighted by molar-refractivity contribution is 0.217. The molecule has 0 amide bonds. The van der Waals surface area contributed by atoms with Gasteiger partial charge in [0.05, 0.1) is 35.6 Å². The van der Waals surface area contributed by atoms with Crippen LogP contribution < -0.4 is 18.9 Å². The summed E-state index contributed by atoms with van der Waals surface area (Å²) in [6.45, 7) is 2.10. The topological polar surface area (TPSA) is 62.7 Å². The molecule has 4 aromatic carbocycles. The third-order valence-corrected chi connectivity index (χ3v) is 7.54. The van der Waals surface area contributed by atoms with E-state index in [0.717, 1.165) is 80.2 Å². The number of benzene rings is 4. The molecule has 0 radical (unpaired) electrons. The Bertz CT molecular complexity index is 1900. The smallest absolute Gasteiger partial charge is 0.122 e. The SMILES string of the molecule is C1=CCCOc2ccc(cc2)-c2ccc3ccc4ccc(nc4c3n2)-c2ccc(cc2)OCCOc2ccc(cc2)OCC1. The molecule has 4 aliphatic heterocycles. The first-order valence-electron chi connectivity index (χ1n) is 15.0. The van der Waals surface area contributed by atoms with Crippen LogP contribution in [0.5, 0.6) is 23.0 Å². The van der Waals surface area contributed by atoms with Gasteiger partial charge < -0.3 is 18.9 Å². The van der Waals surface area contributed by atoms with Crippen LogP contribution in [0.3, 0.4) is 0 Å². The normalized spacial score (nSPS) is 14.0. The molecule has 0 saturated carbocycles. The van der Waals surface area contributed by atoms with E-state index in [2.05, 4.69) is 60.7 Å². The van der Waals surface area contributed by atoms with Crippen LogP contribution in [0.25, 0.3) is 44.3 Å². The zero-order chi connectivity index (χ0) is 29.6. The Labute approximate surface area is 256 Å². The van der Waals surface area contributed by atoms with E-state index >= 15 is 0 Å². The minimum Gasteiger partial charge on any atom is -0.493 e. The van der Waals surface area contributed by atoms with Crippen LogP contribution in [0, 0.1) is 0 Å². The van der Waals surface area contributed by atoms with Crippen molar-refractivity contribution < 1.29 is 18.9 Å². The Morgan fingerprint density at radius 2 is 0.705 bits per heavy atom. The van der Waals surface area contributed by atoms with Gasteiger partial charge in [0.1, 0.15) is 36.2 Å². The Hall–Kier alpha value is -5.36. The number of nitrogens with zero attached hydrogens (tertiary/aromatic N) is 2. The van der Waals surface area contributed by atoms with Crippen LogP contribution in [-0.2, 0) is 0 Å². The number of hydrogen-bond acceptors (Lipinski definition) is 6. The van der Waals surface area contributed by atoms with Crippen LogP contribution >= 0.6 is 0 Å². The third kappa shape index (κ3) is 6.35. The highest BCUT2D eigenvalue weighted by molar-refractivity contribution is 6.04. The molecule has 0 unspecified atom stereocenters. The van der Waals surface area contributed by atoms with Crippen LogP contribution in [0.15, 0.2) is 121 Å². The van der Waals surface area contributed by atoms with E-state index < -0.39 is 0 Å². The number of fused-ring (bicyclic) bond motifs is 3. The fraction of sp³-hybridized carbons (Fsp3) is 0.158. The van der Waals surface area contributed by atoms with Crippen molar-refractivity contribution in [3.63, 3.8) is 0 Å². The standard InChI is InChI=1S/C38H32N2O4/c1-2-4-24-42-33-17-19-34(20-18-33)44-26-25-43-32-15-9-28(10-16-32)36-22-12-30-6-5-29-11-21-35(39-37(29)38(30)40-36)27-7-13-31(14-8-27)41-23-3-1/h1-2,5-22H,3-4,23-26H2. The number of aromatic nitrogens is 2. The highest BCUT2D eigenvalue weighted by Gasteiger charge is 2.10. The molecule has 44 heavy (non-hydrogen) atoms. The molecule has 0 atom stereocenters. The highest BCUT2D eigenvalue weighted by Crippen LogP contribution is 2.30. The maximum absolute atomic E-state index is 5.97. The molecule has 0 saturated heterocycles. The summed E-state index contributed by atoms with van der Waals surface area (Å²) in [7, 11) is 0. The fourth-order valence-corrected chi connectivity index (χ4v) is 5.21. The maximum Gasteiger partial charge on any atom is 0.122 e. The lowest BCUT2D eigenvalue weighted by atomic mass is 10.1. The molecule has 6 heterocycles. The van der Waals surface area contributed by atoms with E-state index in [1.165, 1.54) is 0 Å². The van der Waals surface area contributed by atoms with E-state index in [9.17, 15) is 0 Å². The molecule has 6 heteroatoms. The zero-order valence-electron chi connectivity index (χ0n) is 24.3. The van der Waals surface area contributed by atoms with Crippen molar-refractivity contribution in [1.29, 1.82) is 0 Å². The minimum absolute atomic E-state index is 0.436. The van der Waals surface area contributed by atoms with Crippen LogP contribution in [-0.4, -0.2) is 36.4 Å². The van der Waals surface area contributed by atoms with Gasteiger partial charge in [-0.05, 0) is 97.8 Å². The highest BCUT2D eigenvalue weighted by atomic mass is 16.5. The number of pyridine rings is 2. The molecule has 10 bridgehead atoms. The van der Waals surface area contributed by atoms with Crippen molar-refractivity contribution in [3.8, 4) is 45.5 Å². The molecular formula is C38H32N2O4. The average molecular weight is 581 g/mol. The van der Waals surface area contributed by atoms with Gasteiger partial charge in [0, 0.05) is 21.9 Å². The lowest BCUT2D eigenvalue weighted by Crippen LogP contribution is -2.08. The average Bonchev–Trinajstić information content (AvgIpc) is 3.08. The van der Waals surface area contributed by atoms with Crippen molar-refractivity contribution in [2.75, 3.05) is 26.4 Å². The van der Waals surface area contributed by atoms with Gasteiger partial charge in [-0.3, -0.25) is 0 Å². The summed E-state index contributed by atoms with van der Waals surface area (Å²) in [5.41, 5.74) is 5.59. The van der Waals surface area contributed by atoms with Gasteiger partial charge in [-0.15, -0.1) is 0 Å². The van der Waals surface area contributed by atoms with Gasteiger partial charge in [-0.25, -0.2) is 9.97 Å². The van der Waals surface area contributed by atoms with Crippen LogP contribution in [0.2, 0.25) is 0 Å². The first-order chi connectivity index (χ1) is 21.8. The Morgan fingerprint density at radius 3 is 1.11 bits per heavy atom. The second-order valence-corrected chi connectivity index (χ2v) is 10.6. The molecular weight excluding hydrogens is 548 g/mol. The summed E-state index contributed by atoms with van der Waals surface area (Å²) in [6, 6.07) is 36.3. The molecule has 218 valence electrons. The third-order valence-electron chi connectivity index (χ3n) is 7.54. The molecule has 6 nitrogen and oxygen atoms in total. The molecule has 6 aromatic rings. The van der Waals surface area contributed by atoms with Gasteiger partial charge in [-0.2, -0.15) is 0 Å². The largest absolute Gasteiger partial charge is 0.493 e. The van der Waals surface area contributed by atoms with Crippen LogP contribution in [0.1, 0.15) is 12.8 Å². The molecule has 4 aliphatic rings. The number of ether oxygens (including phenoxy) is 4. The molecule has 0 spiro atoms. The predicted octanol–water partition coefficient (Wildman–Crippen LogP) is 8.68. The van der Waals surface area contributed by atoms with E-state index in [-0.39, 0.29) is 0 Å². The summed E-state index contributed by atoms with van der Waals surface area (Å²) in [5.74, 6) is 3.22. The first-order valence-corrected chi connectivity index (χ1v) is 15.0. The van der Waals surface area contributed by atoms with Crippen molar-refractivity contribution in [2.24, 2.45) is 0 Å². The summed E-state index contributed by atoms with van der Waals surface area (Å²) in [6.07, 6.45) is 5.92. The van der Waals surface area contributed by atoms with Crippen molar-refractivity contribution in [2.45, 2.75) is 12.8 Å². The minimum atomic E-state index is 0.436. The molecule has 2 aromatic heterocycles. The van der Waals surface area contributed by atoms with Gasteiger partial charge >= 0.3 is 0 Å². The van der Waals surface area contributed by atoms with E-state index in [1.54, 1.807) is 0 Å². The second kappa shape index (κ2) is 12.9. The second-order valence-electron chi connectivity index (χ2n) is 10.6. The lowest BCUT2D eigenvalue weighted by Gasteiger charge is -2.11. The summed E-state index contributed by atoms with van der Waals surface area (Å²) in [5, 5.41) is 2.11. The molecule has 0 aliphatic carbocycles. The maximum atomic E-state index is 5.97. The Kier molecular flexibility index (Phi) is 8.04. The summed E-state index contributed by atoms with van der Waals surface area (Å²) >= 11 is 0. The van der Waals surface area contributed by atoms with Gasteiger partial charge in [0.2, 0.25) is 0 Å². The van der Waals surface area contributed by atoms with Gasteiger partial charge in [-0.1, -0.05) is 36.4 Å². The van der Waals surface area contributed by atoms with Gasteiger partial charge in [0.25, 0.3) is 0 Å². The molecule has 10 rings (SSSR count). The quantitative estimate of drug-likeness (QED) is 0.132. The predicted molar refractivity (Wildman–Crippen MR) is 175 cm³/mol. The zero-order valence-corrected chi connectivity index (χ0v) is 24.3. The van der Waals surface area contributed by atoms with Crippen LogP contribution in [0.4, 0.5) is 0 Å². The summed E-state index contributed by atoms with van der Waals surface area (Å²) in [4.78, 5) is 10.1. The monoisotopic (exact) mass is 580 g/mol. The van der Waals surface area contributed by atoms with Gasteiger partial charge in [0.15, 0.2) is 0 Å². The van der Waals surface area contributed by atoms with Crippen molar-refractivity contribution in [1.82, 2.24) is 9.97 Å². The number of hydrogen-bond donors (Lipinski definition) is 0. The van der Waals surface area contributed by atoms with E-state index in [4.69, 9.17) is 28.9 Å². The fourth-order valence-electron chi connectivity index (χ4n) is 5.21. The molecule has 0 N–H and O–H groups in total. The Balaban J connectivity index is 1.17. The van der Waals surface area contributed by atoms with Crippen molar-refractivity contribution in [3.05, 3.63) is 121 Å². The first kappa shape index (κ1) is 27.5. The van der Waals surface area contributed by atoms with Crippen molar-refractivity contribution >= 4 is 21.8 Å². The van der Waals surface area contributed by atoms with E-state index in [1.807, 2.05) is 60.7 Å². The summed E-state index contributed by atoms with van der Waals surface area (Å²) < 4.78 is 23.6. The Morgan fingerprint density at radius 1 is 0.364 bits per heavy atom.